The lowest BCUT2D eigenvalue weighted by molar-refractivity contribution is -0.141. The van der Waals surface area contributed by atoms with Crippen LogP contribution in [0.2, 0.25) is 0 Å². The molecule has 0 spiro atoms. The van der Waals surface area contributed by atoms with Gasteiger partial charge < -0.3 is 10.4 Å². The van der Waals surface area contributed by atoms with Crippen LogP contribution < -0.4 is 5.32 Å². The minimum absolute atomic E-state index is 0.158. The number of aromatic nitrogens is 1. The molecule has 3 nitrogen and oxygen atoms in total. The molecule has 94 valence electrons. The standard InChI is InChI=1S/C11H13F3N2O/c12-11(13,14)9-5-2-6-10(16-9)15-7-3-1-4-8(7)17/h2,5-8,17H,1,3-4H2,(H,15,16). The molecule has 0 bridgehead atoms. The van der Waals surface area contributed by atoms with E-state index in [1.54, 1.807) is 0 Å². The number of nitrogens with zero attached hydrogens (tertiary/aromatic N) is 1. The van der Waals surface area contributed by atoms with Gasteiger partial charge in [0.05, 0.1) is 12.1 Å². The summed E-state index contributed by atoms with van der Waals surface area (Å²) >= 11 is 0. The minimum Gasteiger partial charge on any atom is -0.391 e. The Morgan fingerprint density at radius 3 is 2.65 bits per heavy atom. The van der Waals surface area contributed by atoms with Crippen molar-refractivity contribution in [3.8, 4) is 0 Å². The molecule has 1 aromatic heterocycles. The van der Waals surface area contributed by atoms with E-state index in [1.165, 1.54) is 12.1 Å². The first-order valence-electron chi connectivity index (χ1n) is 5.45. The Morgan fingerprint density at radius 1 is 1.29 bits per heavy atom. The van der Waals surface area contributed by atoms with Crippen molar-refractivity contribution in [1.82, 2.24) is 4.98 Å². The van der Waals surface area contributed by atoms with E-state index in [0.717, 1.165) is 18.9 Å². The lowest BCUT2D eigenvalue weighted by atomic mass is 10.2. The molecule has 0 aliphatic heterocycles. The summed E-state index contributed by atoms with van der Waals surface area (Å²) in [6, 6.07) is 3.50. The molecule has 1 aliphatic rings. The van der Waals surface area contributed by atoms with Crippen LogP contribution in [-0.2, 0) is 6.18 Å². The number of hydrogen-bond acceptors (Lipinski definition) is 3. The van der Waals surface area contributed by atoms with E-state index in [9.17, 15) is 18.3 Å². The summed E-state index contributed by atoms with van der Waals surface area (Å²) in [7, 11) is 0. The fourth-order valence-electron chi connectivity index (χ4n) is 1.97. The van der Waals surface area contributed by atoms with Crippen molar-refractivity contribution in [2.75, 3.05) is 5.32 Å². The number of hydrogen-bond donors (Lipinski definition) is 2. The van der Waals surface area contributed by atoms with Crippen molar-refractivity contribution < 1.29 is 18.3 Å². The zero-order valence-corrected chi connectivity index (χ0v) is 9.04. The van der Waals surface area contributed by atoms with Crippen molar-refractivity contribution >= 4 is 5.82 Å². The summed E-state index contributed by atoms with van der Waals surface area (Å²) in [4.78, 5) is 3.49. The Labute approximate surface area is 96.7 Å². The van der Waals surface area contributed by atoms with Crippen molar-refractivity contribution in [3.63, 3.8) is 0 Å². The van der Waals surface area contributed by atoms with Gasteiger partial charge in [0, 0.05) is 0 Å². The van der Waals surface area contributed by atoms with Crippen molar-refractivity contribution in [2.45, 2.75) is 37.6 Å². The molecule has 1 saturated carbocycles. The summed E-state index contributed by atoms with van der Waals surface area (Å²) in [5.74, 6) is 0.158. The SMILES string of the molecule is OC1CCCC1Nc1cccc(C(F)(F)F)n1. The van der Waals surface area contributed by atoms with Gasteiger partial charge >= 0.3 is 6.18 Å². The molecular formula is C11H13F3N2O. The highest BCUT2D eigenvalue weighted by Crippen LogP contribution is 2.29. The third-order valence-electron chi connectivity index (χ3n) is 2.85. The van der Waals surface area contributed by atoms with Crippen LogP contribution in [0.3, 0.4) is 0 Å². The Bertz CT molecular complexity index is 395. The highest BCUT2D eigenvalue weighted by atomic mass is 19.4. The van der Waals surface area contributed by atoms with E-state index < -0.39 is 18.0 Å². The van der Waals surface area contributed by atoms with Gasteiger partial charge in [-0.25, -0.2) is 4.98 Å². The predicted octanol–water partition coefficient (Wildman–Crippen LogP) is 2.43. The van der Waals surface area contributed by atoms with Gasteiger partial charge in [-0.3, -0.25) is 0 Å². The van der Waals surface area contributed by atoms with E-state index in [-0.39, 0.29) is 11.9 Å². The van der Waals surface area contributed by atoms with E-state index >= 15 is 0 Å². The smallest absolute Gasteiger partial charge is 0.391 e. The molecule has 1 heterocycles. The average Bonchev–Trinajstić information content (AvgIpc) is 2.64. The monoisotopic (exact) mass is 246 g/mol. The van der Waals surface area contributed by atoms with Crippen molar-refractivity contribution in [2.24, 2.45) is 0 Å². The molecule has 0 radical (unpaired) electrons. The van der Waals surface area contributed by atoms with Gasteiger partial charge in [0.25, 0.3) is 0 Å². The first-order chi connectivity index (χ1) is 7.97. The van der Waals surface area contributed by atoms with Crippen LogP contribution >= 0.6 is 0 Å². The van der Waals surface area contributed by atoms with Gasteiger partial charge in [-0.15, -0.1) is 0 Å². The summed E-state index contributed by atoms with van der Waals surface area (Å²) in [6.45, 7) is 0. The highest BCUT2D eigenvalue weighted by Gasteiger charge is 2.33. The number of anilines is 1. The highest BCUT2D eigenvalue weighted by molar-refractivity contribution is 5.37. The van der Waals surface area contributed by atoms with E-state index in [1.807, 2.05) is 0 Å². The third kappa shape index (κ3) is 2.88. The zero-order valence-electron chi connectivity index (χ0n) is 9.04. The summed E-state index contributed by atoms with van der Waals surface area (Å²) < 4.78 is 37.3. The van der Waals surface area contributed by atoms with Crippen LogP contribution in [0.15, 0.2) is 18.2 Å². The Balaban J connectivity index is 2.11. The lowest BCUT2D eigenvalue weighted by Gasteiger charge is -2.17. The molecule has 2 unspecified atom stereocenters. The molecule has 17 heavy (non-hydrogen) atoms. The number of nitrogens with one attached hydrogen (secondary N) is 1. The molecule has 1 fully saturated rings. The Hall–Kier alpha value is -1.30. The zero-order chi connectivity index (χ0) is 12.5. The molecule has 0 aromatic carbocycles. The second-order valence-electron chi connectivity index (χ2n) is 4.15. The Kier molecular flexibility index (Phi) is 3.24. The number of alkyl halides is 3. The quantitative estimate of drug-likeness (QED) is 0.842. The molecule has 2 rings (SSSR count). The van der Waals surface area contributed by atoms with Gasteiger partial charge in [-0.2, -0.15) is 13.2 Å². The average molecular weight is 246 g/mol. The molecule has 1 aromatic rings. The van der Waals surface area contributed by atoms with Crippen LogP contribution in [0.5, 0.6) is 0 Å². The molecule has 2 N–H and O–H groups in total. The maximum Gasteiger partial charge on any atom is 0.433 e. The second kappa shape index (κ2) is 4.52. The maximum absolute atomic E-state index is 12.4. The number of rotatable bonds is 2. The molecule has 0 saturated heterocycles. The summed E-state index contributed by atoms with van der Waals surface area (Å²) in [5.41, 5.74) is -0.921. The van der Waals surface area contributed by atoms with Crippen LogP contribution in [0.25, 0.3) is 0 Å². The van der Waals surface area contributed by atoms with E-state index in [2.05, 4.69) is 10.3 Å². The molecule has 0 amide bonds. The second-order valence-corrected chi connectivity index (χ2v) is 4.15. The van der Waals surface area contributed by atoms with Crippen LogP contribution in [0.4, 0.5) is 19.0 Å². The molecular weight excluding hydrogens is 233 g/mol. The van der Waals surface area contributed by atoms with Gasteiger partial charge in [-0.05, 0) is 31.4 Å². The van der Waals surface area contributed by atoms with E-state index in [4.69, 9.17) is 0 Å². The third-order valence-corrected chi connectivity index (χ3v) is 2.85. The maximum atomic E-state index is 12.4. The number of pyridine rings is 1. The molecule has 1 aliphatic carbocycles. The van der Waals surface area contributed by atoms with Gasteiger partial charge in [0.1, 0.15) is 11.5 Å². The molecule has 6 heteroatoms. The minimum atomic E-state index is -4.44. The van der Waals surface area contributed by atoms with Crippen LogP contribution in [-0.4, -0.2) is 22.2 Å². The molecule has 2 atom stereocenters. The van der Waals surface area contributed by atoms with Crippen LogP contribution in [0, 0.1) is 0 Å². The van der Waals surface area contributed by atoms with Gasteiger partial charge in [0.15, 0.2) is 0 Å². The fourth-order valence-corrected chi connectivity index (χ4v) is 1.97. The summed E-state index contributed by atoms with van der Waals surface area (Å²) in [6.07, 6.45) is -2.65. The number of aliphatic hydroxyl groups excluding tert-OH is 1. The van der Waals surface area contributed by atoms with Crippen molar-refractivity contribution in [3.05, 3.63) is 23.9 Å². The normalized spacial score (nSPS) is 24.9. The first kappa shape index (κ1) is 12.2. The number of aliphatic hydroxyl groups is 1. The summed E-state index contributed by atoms with van der Waals surface area (Å²) in [5, 5.41) is 12.4. The first-order valence-corrected chi connectivity index (χ1v) is 5.45. The number of halogens is 3. The fraction of sp³-hybridized carbons (Fsp3) is 0.545. The predicted molar refractivity (Wildman–Crippen MR) is 56.5 cm³/mol. The van der Waals surface area contributed by atoms with E-state index in [0.29, 0.717) is 6.42 Å². The Morgan fingerprint density at radius 2 is 2.06 bits per heavy atom. The van der Waals surface area contributed by atoms with Gasteiger partial charge in [-0.1, -0.05) is 6.07 Å². The lowest BCUT2D eigenvalue weighted by Crippen LogP contribution is -2.28. The largest absolute Gasteiger partial charge is 0.433 e. The van der Waals surface area contributed by atoms with Crippen molar-refractivity contribution in [1.29, 1.82) is 0 Å². The topological polar surface area (TPSA) is 45.1 Å². The van der Waals surface area contributed by atoms with Crippen LogP contribution in [0.1, 0.15) is 25.0 Å². The van der Waals surface area contributed by atoms with Gasteiger partial charge in [0.2, 0.25) is 0 Å².